The minimum atomic E-state index is -0.910. The fourth-order valence-electron chi connectivity index (χ4n) is 3.45. The lowest BCUT2D eigenvalue weighted by atomic mass is 10.2. The molecule has 0 aliphatic carbocycles. The summed E-state index contributed by atoms with van der Waals surface area (Å²) in [6, 6.07) is 17.8. The van der Waals surface area contributed by atoms with Crippen molar-refractivity contribution in [1.82, 2.24) is 14.9 Å². The third-order valence-corrected chi connectivity index (χ3v) is 5.14. The number of carbonyl (C=O) groups is 2. The first-order valence-corrected chi connectivity index (χ1v) is 10.5. The Kier molecular flexibility index (Phi) is 6.60. The van der Waals surface area contributed by atoms with Crippen LogP contribution in [0.25, 0.3) is 0 Å². The van der Waals surface area contributed by atoms with Gasteiger partial charge in [-0.05, 0) is 37.3 Å². The molecule has 2 aromatic carbocycles. The molecule has 8 heteroatoms. The Labute approximate surface area is 186 Å². The zero-order valence-corrected chi connectivity index (χ0v) is 17.8. The standard InChI is InChI=1S/C24H24N4O4/c1-18(22(29)27-14-16-28(17-15-27)24-25-12-7-13-26-24)31-23(30)20-10-5-6-11-21(20)32-19-8-3-2-4-9-19/h2-13,18H,14-17H2,1H3. The molecule has 32 heavy (non-hydrogen) atoms. The van der Waals surface area contributed by atoms with Crippen molar-refractivity contribution in [3.63, 3.8) is 0 Å². The highest BCUT2D eigenvalue weighted by atomic mass is 16.5. The van der Waals surface area contributed by atoms with E-state index in [4.69, 9.17) is 9.47 Å². The van der Waals surface area contributed by atoms with Crippen LogP contribution in [0, 0.1) is 0 Å². The molecule has 1 amide bonds. The van der Waals surface area contributed by atoms with Crippen molar-refractivity contribution in [2.75, 3.05) is 31.1 Å². The molecule has 1 aromatic heterocycles. The van der Waals surface area contributed by atoms with Gasteiger partial charge in [-0.3, -0.25) is 4.79 Å². The maximum Gasteiger partial charge on any atom is 0.342 e. The smallest absolute Gasteiger partial charge is 0.342 e. The van der Waals surface area contributed by atoms with E-state index in [1.807, 2.05) is 23.1 Å². The van der Waals surface area contributed by atoms with Crippen LogP contribution in [0.2, 0.25) is 0 Å². The highest BCUT2D eigenvalue weighted by molar-refractivity contribution is 5.94. The Bertz CT molecular complexity index is 1050. The van der Waals surface area contributed by atoms with E-state index in [0.29, 0.717) is 43.6 Å². The molecule has 0 bridgehead atoms. The number of piperazine rings is 1. The Hall–Kier alpha value is -3.94. The summed E-state index contributed by atoms with van der Waals surface area (Å²) in [5, 5.41) is 0. The predicted octanol–water partition coefficient (Wildman–Crippen LogP) is 3.16. The van der Waals surface area contributed by atoms with Crippen LogP contribution in [-0.2, 0) is 9.53 Å². The summed E-state index contributed by atoms with van der Waals surface area (Å²) < 4.78 is 11.3. The zero-order chi connectivity index (χ0) is 22.3. The van der Waals surface area contributed by atoms with Gasteiger partial charge in [-0.15, -0.1) is 0 Å². The van der Waals surface area contributed by atoms with Crippen LogP contribution in [0.5, 0.6) is 11.5 Å². The number of para-hydroxylation sites is 2. The molecular weight excluding hydrogens is 408 g/mol. The van der Waals surface area contributed by atoms with E-state index in [1.165, 1.54) is 0 Å². The number of rotatable bonds is 6. The number of aromatic nitrogens is 2. The van der Waals surface area contributed by atoms with Gasteiger partial charge in [0.1, 0.15) is 17.1 Å². The third kappa shape index (κ3) is 5.03. The fourth-order valence-corrected chi connectivity index (χ4v) is 3.45. The largest absolute Gasteiger partial charge is 0.456 e. The van der Waals surface area contributed by atoms with Crippen molar-refractivity contribution in [1.29, 1.82) is 0 Å². The Balaban J connectivity index is 1.35. The molecule has 3 aromatic rings. The third-order valence-electron chi connectivity index (χ3n) is 5.14. The van der Waals surface area contributed by atoms with Crippen molar-refractivity contribution < 1.29 is 19.1 Å². The number of esters is 1. The molecule has 1 saturated heterocycles. The van der Waals surface area contributed by atoms with Gasteiger partial charge in [0.15, 0.2) is 6.10 Å². The molecule has 1 fully saturated rings. The number of benzene rings is 2. The highest BCUT2D eigenvalue weighted by Gasteiger charge is 2.28. The fraction of sp³-hybridized carbons (Fsp3) is 0.250. The molecule has 1 unspecified atom stereocenters. The highest BCUT2D eigenvalue weighted by Crippen LogP contribution is 2.26. The van der Waals surface area contributed by atoms with E-state index in [2.05, 4.69) is 9.97 Å². The number of nitrogens with zero attached hydrogens (tertiary/aromatic N) is 4. The van der Waals surface area contributed by atoms with Crippen LogP contribution >= 0.6 is 0 Å². The van der Waals surface area contributed by atoms with Gasteiger partial charge in [0.05, 0.1) is 0 Å². The van der Waals surface area contributed by atoms with Gasteiger partial charge in [-0.2, -0.15) is 0 Å². The number of anilines is 1. The maximum absolute atomic E-state index is 12.9. The van der Waals surface area contributed by atoms with Gasteiger partial charge in [-0.1, -0.05) is 30.3 Å². The molecule has 164 valence electrons. The van der Waals surface area contributed by atoms with Gasteiger partial charge in [0.2, 0.25) is 5.95 Å². The SMILES string of the molecule is CC(OC(=O)c1ccccc1Oc1ccccc1)C(=O)N1CCN(c2ncccn2)CC1. The Morgan fingerprint density at radius 3 is 2.25 bits per heavy atom. The summed E-state index contributed by atoms with van der Waals surface area (Å²) in [5.74, 6) is 0.799. The Morgan fingerprint density at radius 1 is 0.875 bits per heavy atom. The summed E-state index contributed by atoms with van der Waals surface area (Å²) in [4.78, 5) is 37.9. The minimum Gasteiger partial charge on any atom is -0.456 e. The second-order valence-electron chi connectivity index (χ2n) is 7.32. The first-order valence-electron chi connectivity index (χ1n) is 10.5. The van der Waals surface area contributed by atoms with Gasteiger partial charge in [-0.25, -0.2) is 14.8 Å². The van der Waals surface area contributed by atoms with Crippen molar-refractivity contribution in [2.45, 2.75) is 13.0 Å². The van der Waals surface area contributed by atoms with Crippen LogP contribution < -0.4 is 9.64 Å². The second kappa shape index (κ2) is 9.91. The monoisotopic (exact) mass is 432 g/mol. The molecule has 4 rings (SSSR count). The van der Waals surface area contributed by atoms with E-state index in [9.17, 15) is 9.59 Å². The van der Waals surface area contributed by atoms with Crippen molar-refractivity contribution >= 4 is 17.8 Å². The topological polar surface area (TPSA) is 84.9 Å². The van der Waals surface area contributed by atoms with Crippen LogP contribution in [0.4, 0.5) is 5.95 Å². The summed E-state index contributed by atoms with van der Waals surface area (Å²) in [6.45, 7) is 3.83. The molecular formula is C24H24N4O4. The summed E-state index contributed by atoms with van der Waals surface area (Å²) >= 11 is 0. The minimum absolute atomic E-state index is 0.228. The first kappa shape index (κ1) is 21.3. The van der Waals surface area contributed by atoms with Crippen molar-refractivity contribution in [3.05, 3.63) is 78.6 Å². The molecule has 8 nitrogen and oxygen atoms in total. The van der Waals surface area contributed by atoms with E-state index in [1.54, 1.807) is 66.7 Å². The molecule has 1 atom stereocenters. The number of hydrogen-bond donors (Lipinski definition) is 0. The molecule has 0 saturated carbocycles. The normalized spacial score (nSPS) is 14.5. The number of hydrogen-bond acceptors (Lipinski definition) is 7. The van der Waals surface area contributed by atoms with Gasteiger partial charge < -0.3 is 19.3 Å². The lowest BCUT2D eigenvalue weighted by molar-refractivity contribution is -0.140. The van der Waals surface area contributed by atoms with Gasteiger partial charge in [0, 0.05) is 38.6 Å². The van der Waals surface area contributed by atoms with Crippen LogP contribution in [0.15, 0.2) is 73.1 Å². The quantitative estimate of drug-likeness (QED) is 0.553. The summed E-state index contributed by atoms with van der Waals surface area (Å²) in [6.07, 6.45) is 2.48. The molecule has 0 spiro atoms. The van der Waals surface area contributed by atoms with E-state index < -0.39 is 12.1 Å². The maximum atomic E-state index is 12.9. The number of amides is 1. The van der Waals surface area contributed by atoms with Crippen LogP contribution in [0.1, 0.15) is 17.3 Å². The average Bonchev–Trinajstić information content (AvgIpc) is 2.85. The molecule has 1 aliphatic heterocycles. The molecule has 1 aliphatic rings. The molecule has 0 N–H and O–H groups in total. The Morgan fingerprint density at radius 2 is 1.53 bits per heavy atom. The lowest BCUT2D eigenvalue weighted by Crippen LogP contribution is -2.52. The van der Waals surface area contributed by atoms with Gasteiger partial charge >= 0.3 is 5.97 Å². The van der Waals surface area contributed by atoms with Crippen LogP contribution in [0.3, 0.4) is 0 Å². The molecule has 0 radical (unpaired) electrons. The second-order valence-corrected chi connectivity index (χ2v) is 7.32. The summed E-state index contributed by atoms with van der Waals surface area (Å²) in [5.41, 5.74) is 0.266. The van der Waals surface area contributed by atoms with Crippen molar-refractivity contribution in [2.24, 2.45) is 0 Å². The molecule has 2 heterocycles. The zero-order valence-electron chi connectivity index (χ0n) is 17.8. The van der Waals surface area contributed by atoms with Crippen LogP contribution in [-0.4, -0.2) is 59.0 Å². The van der Waals surface area contributed by atoms with Gasteiger partial charge in [0.25, 0.3) is 5.91 Å². The van der Waals surface area contributed by atoms with E-state index in [-0.39, 0.29) is 11.5 Å². The lowest BCUT2D eigenvalue weighted by Gasteiger charge is -2.35. The number of carbonyl (C=O) groups excluding carboxylic acids is 2. The van der Waals surface area contributed by atoms with Crippen molar-refractivity contribution in [3.8, 4) is 11.5 Å². The summed E-state index contributed by atoms with van der Waals surface area (Å²) in [7, 11) is 0. The predicted molar refractivity (Wildman–Crippen MR) is 119 cm³/mol. The number of ether oxygens (including phenoxy) is 2. The average molecular weight is 432 g/mol. The van der Waals surface area contributed by atoms with E-state index >= 15 is 0 Å². The van der Waals surface area contributed by atoms with E-state index in [0.717, 1.165) is 0 Å². The first-order chi connectivity index (χ1) is 15.6.